The molecule has 0 N–H and O–H groups in total. The molecule has 0 aromatic heterocycles. The summed E-state index contributed by atoms with van der Waals surface area (Å²) in [6.45, 7) is 0.998. The molecule has 1 aliphatic heterocycles. The van der Waals surface area contributed by atoms with Crippen LogP contribution >= 0.6 is 0 Å². The highest BCUT2D eigenvalue weighted by Gasteiger charge is 2.31. The molecular weight excluding hydrogens is 88.1 g/mol. The average Bonchev–Trinajstić information content (AvgIpc) is 1.85. The van der Waals surface area contributed by atoms with Crippen LogP contribution in [0.5, 0.6) is 0 Å². The molecule has 2 unspecified atom stereocenters. The normalized spacial score (nSPS) is 45.7. The third-order valence-corrected chi connectivity index (χ3v) is 1.73. The van der Waals surface area contributed by atoms with Gasteiger partial charge in [-0.05, 0) is 6.42 Å². The second-order valence-corrected chi connectivity index (χ2v) is 2.22. The molecule has 0 radical (unpaired) electrons. The van der Waals surface area contributed by atoms with Crippen LogP contribution in [0.3, 0.4) is 0 Å². The molecule has 0 aromatic carbocycles. The van der Waals surface area contributed by atoms with Crippen LogP contribution in [0.15, 0.2) is 12.2 Å². The predicted molar refractivity (Wildman–Crippen MR) is 27.0 cm³/mol. The largest absolute Gasteiger partial charge is 0.373 e. The zero-order valence-electron chi connectivity index (χ0n) is 4.13. The smallest absolute Gasteiger partial charge is 0.0809 e. The van der Waals surface area contributed by atoms with E-state index in [0.29, 0.717) is 6.10 Å². The number of hydrogen-bond donors (Lipinski definition) is 0. The first-order valence-electron chi connectivity index (χ1n) is 2.75. The lowest BCUT2D eigenvalue weighted by Crippen LogP contribution is -2.34. The fraction of sp³-hybridized carbons (Fsp3) is 0.667. The molecule has 1 nitrogen and oxygen atoms in total. The van der Waals surface area contributed by atoms with Crippen LogP contribution in [0.4, 0.5) is 0 Å². The number of allylic oxidation sites excluding steroid dienone is 1. The van der Waals surface area contributed by atoms with Gasteiger partial charge in [0, 0.05) is 5.92 Å². The Hall–Kier alpha value is -0.300. The number of rotatable bonds is 0. The minimum atomic E-state index is 0.514. The Labute approximate surface area is 43.0 Å². The van der Waals surface area contributed by atoms with Crippen LogP contribution in [0.1, 0.15) is 6.42 Å². The van der Waals surface area contributed by atoms with E-state index in [1.54, 1.807) is 0 Å². The van der Waals surface area contributed by atoms with E-state index < -0.39 is 0 Å². The van der Waals surface area contributed by atoms with Gasteiger partial charge in [0.1, 0.15) is 0 Å². The van der Waals surface area contributed by atoms with Crippen molar-refractivity contribution in [3.05, 3.63) is 12.2 Å². The van der Waals surface area contributed by atoms with Gasteiger partial charge >= 0.3 is 0 Å². The van der Waals surface area contributed by atoms with E-state index in [9.17, 15) is 0 Å². The third-order valence-electron chi connectivity index (χ3n) is 1.73. The van der Waals surface area contributed by atoms with Gasteiger partial charge < -0.3 is 4.74 Å². The molecule has 2 atom stereocenters. The van der Waals surface area contributed by atoms with E-state index in [2.05, 4.69) is 12.2 Å². The van der Waals surface area contributed by atoms with E-state index in [1.165, 1.54) is 6.42 Å². The van der Waals surface area contributed by atoms with Crippen molar-refractivity contribution >= 4 is 0 Å². The summed E-state index contributed by atoms with van der Waals surface area (Å²) >= 11 is 0. The maximum atomic E-state index is 5.17. The summed E-state index contributed by atoms with van der Waals surface area (Å²) in [6.07, 6.45) is 6.14. The number of hydrogen-bond acceptors (Lipinski definition) is 1. The maximum Gasteiger partial charge on any atom is 0.0809 e. The SMILES string of the molecule is C1=CC2OCC2C1. The first-order valence-corrected chi connectivity index (χ1v) is 2.75. The van der Waals surface area contributed by atoms with Crippen LogP contribution in [-0.2, 0) is 4.74 Å². The van der Waals surface area contributed by atoms with E-state index >= 15 is 0 Å². The monoisotopic (exact) mass is 96.1 g/mol. The van der Waals surface area contributed by atoms with Crippen molar-refractivity contribution in [2.45, 2.75) is 12.5 Å². The Balaban J connectivity index is 2.14. The zero-order chi connectivity index (χ0) is 4.69. The molecule has 1 heterocycles. The zero-order valence-corrected chi connectivity index (χ0v) is 4.13. The Morgan fingerprint density at radius 3 is 2.86 bits per heavy atom. The van der Waals surface area contributed by atoms with Gasteiger partial charge in [0.2, 0.25) is 0 Å². The Kier molecular flexibility index (Phi) is 0.577. The van der Waals surface area contributed by atoms with Crippen molar-refractivity contribution in [2.24, 2.45) is 5.92 Å². The first kappa shape index (κ1) is 3.67. The van der Waals surface area contributed by atoms with E-state index in [0.717, 1.165) is 12.5 Å². The molecule has 2 rings (SSSR count). The van der Waals surface area contributed by atoms with Crippen molar-refractivity contribution < 1.29 is 4.74 Å². The standard InChI is InChI=1S/C6H8O/c1-2-5-4-7-6(5)3-1/h1,3,5-6H,2,4H2. The Morgan fingerprint density at radius 2 is 2.57 bits per heavy atom. The van der Waals surface area contributed by atoms with Crippen LogP contribution < -0.4 is 0 Å². The topological polar surface area (TPSA) is 9.23 Å². The van der Waals surface area contributed by atoms with Gasteiger partial charge in [-0.15, -0.1) is 0 Å². The summed E-state index contributed by atoms with van der Waals surface area (Å²) in [4.78, 5) is 0. The second-order valence-electron chi connectivity index (χ2n) is 2.22. The van der Waals surface area contributed by atoms with Gasteiger partial charge in [-0.2, -0.15) is 0 Å². The van der Waals surface area contributed by atoms with Gasteiger partial charge in [0.05, 0.1) is 12.7 Å². The van der Waals surface area contributed by atoms with Crippen molar-refractivity contribution in [1.82, 2.24) is 0 Å². The second kappa shape index (κ2) is 1.10. The number of ether oxygens (including phenoxy) is 1. The molecular formula is C6H8O. The van der Waals surface area contributed by atoms with Crippen molar-refractivity contribution in [3.8, 4) is 0 Å². The third kappa shape index (κ3) is 0.361. The van der Waals surface area contributed by atoms with E-state index in [4.69, 9.17) is 4.74 Å². The maximum absolute atomic E-state index is 5.17. The highest BCUT2D eigenvalue weighted by Crippen LogP contribution is 2.30. The molecule has 0 amide bonds. The van der Waals surface area contributed by atoms with Crippen LogP contribution in [0.25, 0.3) is 0 Å². The summed E-state index contributed by atoms with van der Waals surface area (Å²) in [5, 5.41) is 0. The average molecular weight is 96.1 g/mol. The van der Waals surface area contributed by atoms with Gasteiger partial charge in [-0.25, -0.2) is 0 Å². The highest BCUT2D eigenvalue weighted by atomic mass is 16.5. The van der Waals surface area contributed by atoms with Crippen LogP contribution in [0.2, 0.25) is 0 Å². The molecule has 38 valence electrons. The Bertz CT molecular complexity index is 107. The van der Waals surface area contributed by atoms with Crippen molar-refractivity contribution in [1.29, 1.82) is 0 Å². The van der Waals surface area contributed by atoms with Crippen molar-refractivity contribution in [2.75, 3.05) is 6.61 Å². The first-order chi connectivity index (χ1) is 3.47. The summed E-state index contributed by atoms with van der Waals surface area (Å²) in [7, 11) is 0. The summed E-state index contributed by atoms with van der Waals surface area (Å²) in [6, 6.07) is 0. The molecule has 0 saturated carbocycles. The fourth-order valence-electron chi connectivity index (χ4n) is 1.15. The van der Waals surface area contributed by atoms with Crippen molar-refractivity contribution in [3.63, 3.8) is 0 Å². The molecule has 7 heavy (non-hydrogen) atoms. The lowest BCUT2D eigenvalue weighted by Gasteiger charge is -2.29. The van der Waals surface area contributed by atoms with Crippen LogP contribution in [0, 0.1) is 5.92 Å². The summed E-state index contributed by atoms with van der Waals surface area (Å²) in [5.41, 5.74) is 0. The molecule has 1 aliphatic carbocycles. The van der Waals surface area contributed by atoms with Gasteiger partial charge in [0.25, 0.3) is 0 Å². The Morgan fingerprint density at radius 1 is 1.57 bits per heavy atom. The van der Waals surface area contributed by atoms with Gasteiger partial charge in [-0.3, -0.25) is 0 Å². The predicted octanol–water partition coefficient (Wildman–Crippen LogP) is 0.961. The lowest BCUT2D eigenvalue weighted by molar-refractivity contribution is -0.0748. The minimum absolute atomic E-state index is 0.514. The molecule has 0 spiro atoms. The molecule has 0 bridgehead atoms. The number of fused-ring (bicyclic) bond motifs is 1. The molecule has 1 saturated heterocycles. The highest BCUT2D eigenvalue weighted by molar-refractivity contribution is 5.06. The van der Waals surface area contributed by atoms with E-state index in [1.807, 2.05) is 0 Å². The van der Waals surface area contributed by atoms with E-state index in [-0.39, 0.29) is 0 Å². The molecule has 1 heteroatoms. The molecule has 0 aromatic rings. The molecule has 1 fully saturated rings. The van der Waals surface area contributed by atoms with Gasteiger partial charge in [0.15, 0.2) is 0 Å². The quantitative estimate of drug-likeness (QED) is 0.408. The summed E-state index contributed by atoms with van der Waals surface area (Å²) < 4.78 is 5.17. The fourth-order valence-corrected chi connectivity index (χ4v) is 1.15. The molecule has 2 aliphatic rings. The van der Waals surface area contributed by atoms with Crippen LogP contribution in [-0.4, -0.2) is 12.7 Å². The minimum Gasteiger partial charge on any atom is -0.373 e. The lowest BCUT2D eigenvalue weighted by atomic mass is 10.0. The van der Waals surface area contributed by atoms with Gasteiger partial charge in [-0.1, -0.05) is 12.2 Å². The summed E-state index contributed by atoms with van der Waals surface area (Å²) in [5.74, 6) is 0.861.